The molecule has 0 bridgehead atoms. The van der Waals surface area contributed by atoms with E-state index < -0.39 is 0 Å². The molecule has 0 saturated heterocycles. The van der Waals surface area contributed by atoms with Gasteiger partial charge < -0.3 is 0 Å². The average Bonchev–Trinajstić information content (AvgIpc) is 2.31. The molecule has 0 unspecified atom stereocenters. The predicted octanol–water partition coefficient (Wildman–Crippen LogP) is 3.75. The van der Waals surface area contributed by atoms with Gasteiger partial charge in [-0.25, -0.2) is 0 Å². The van der Waals surface area contributed by atoms with E-state index in [1.165, 1.54) is 19.3 Å². The Balaban J connectivity index is 1.91. The second kappa shape index (κ2) is 6.48. The van der Waals surface area contributed by atoms with Gasteiger partial charge in [0.2, 0.25) is 0 Å². The maximum Gasteiger partial charge on any atom is 0.176 e. The number of ketones is 1. The monoisotopic (exact) mass is 309 g/mol. The summed E-state index contributed by atoms with van der Waals surface area (Å²) < 4.78 is 0.968. The maximum absolute atomic E-state index is 12.2. The van der Waals surface area contributed by atoms with Crippen LogP contribution in [0.1, 0.15) is 36.5 Å². The minimum Gasteiger partial charge on any atom is -0.296 e. The summed E-state index contributed by atoms with van der Waals surface area (Å²) in [4.78, 5) is 14.5. The second-order valence-corrected chi connectivity index (χ2v) is 5.97. The molecule has 0 N–H and O–H groups in total. The zero-order valence-electron chi connectivity index (χ0n) is 10.9. The molecule has 0 spiro atoms. The van der Waals surface area contributed by atoms with Crippen LogP contribution in [0.5, 0.6) is 0 Å². The highest BCUT2D eigenvalue weighted by Gasteiger charge is 2.21. The molecule has 1 saturated carbocycles. The molecule has 2 nitrogen and oxygen atoms in total. The third-order valence-corrected chi connectivity index (χ3v) is 4.20. The minimum absolute atomic E-state index is 0.220. The summed E-state index contributed by atoms with van der Waals surface area (Å²) in [5.41, 5.74) is 0.802. The molecule has 98 valence electrons. The quantitative estimate of drug-likeness (QED) is 0.746. The van der Waals surface area contributed by atoms with Crippen LogP contribution in [0.4, 0.5) is 0 Å². The smallest absolute Gasteiger partial charge is 0.176 e. The number of hydrogen-bond acceptors (Lipinski definition) is 2. The lowest BCUT2D eigenvalue weighted by molar-refractivity contribution is 0.0905. The van der Waals surface area contributed by atoms with Crippen molar-refractivity contribution in [2.75, 3.05) is 19.6 Å². The fraction of sp³-hybridized carbons (Fsp3) is 0.533. The van der Waals surface area contributed by atoms with Gasteiger partial charge in [-0.05, 0) is 37.4 Å². The molecular formula is C15H20BrNO. The Morgan fingerprint density at radius 3 is 2.78 bits per heavy atom. The van der Waals surface area contributed by atoms with E-state index in [-0.39, 0.29) is 5.78 Å². The lowest BCUT2D eigenvalue weighted by Gasteiger charge is -2.31. The van der Waals surface area contributed by atoms with Gasteiger partial charge in [0.25, 0.3) is 0 Å². The van der Waals surface area contributed by atoms with Gasteiger partial charge >= 0.3 is 0 Å². The number of carbonyl (C=O) groups excluding carboxylic acids is 1. The van der Waals surface area contributed by atoms with Crippen molar-refractivity contribution < 1.29 is 4.79 Å². The highest BCUT2D eigenvalue weighted by Crippen LogP contribution is 2.27. The van der Waals surface area contributed by atoms with E-state index in [0.29, 0.717) is 6.54 Å². The van der Waals surface area contributed by atoms with Crippen molar-refractivity contribution in [3.05, 3.63) is 34.3 Å². The summed E-state index contributed by atoms with van der Waals surface area (Å²) in [5, 5.41) is 0. The molecule has 0 aliphatic heterocycles. The fourth-order valence-electron chi connectivity index (χ4n) is 2.30. The Bertz CT molecular complexity index is 415. The van der Waals surface area contributed by atoms with E-state index in [0.717, 1.165) is 29.0 Å². The lowest BCUT2D eigenvalue weighted by atomic mass is 9.85. The van der Waals surface area contributed by atoms with Crippen molar-refractivity contribution in [3.8, 4) is 0 Å². The fourth-order valence-corrected chi connectivity index (χ4v) is 2.70. The van der Waals surface area contributed by atoms with Gasteiger partial charge in [-0.3, -0.25) is 9.69 Å². The first-order valence-corrected chi connectivity index (χ1v) is 7.49. The van der Waals surface area contributed by atoms with Crippen LogP contribution in [-0.2, 0) is 0 Å². The predicted molar refractivity (Wildman–Crippen MR) is 77.9 cm³/mol. The number of halogens is 1. The molecule has 1 aliphatic carbocycles. The molecule has 0 atom stereocenters. The molecule has 2 rings (SSSR count). The van der Waals surface area contributed by atoms with E-state index in [4.69, 9.17) is 0 Å². The van der Waals surface area contributed by atoms with Gasteiger partial charge in [-0.15, -0.1) is 0 Å². The second-order valence-electron chi connectivity index (χ2n) is 5.06. The number of likely N-dealkylation sites (N-methyl/N-ethyl adjacent to an activating group) is 1. The van der Waals surface area contributed by atoms with Crippen LogP contribution < -0.4 is 0 Å². The number of rotatable bonds is 6. The van der Waals surface area contributed by atoms with Crippen molar-refractivity contribution >= 4 is 21.7 Å². The van der Waals surface area contributed by atoms with Crippen molar-refractivity contribution in [2.45, 2.75) is 26.2 Å². The van der Waals surface area contributed by atoms with Crippen LogP contribution in [0.25, 0.3) is 0 Å². The molecular weight excluding hydrogens is 290 g/mol. The molecule has 0 aromatic heterocycles. The molecule has 0 radical (unpaired) electrons. The van der Waals surface area contributed by atoms with Crippen LogP contribution in [0.15, 0.2) is 28.7 Å². The summed E-state index contributed by atoms with van der Waals surface area (Å²) in [5.74, 6) is 1.04. The molecule has 0 heterocycles. The molecule has 18 heavy (non-hydrogen) atoms. The Morgan fingerprint density at radius 1 is 1.44 bits per heavy atom. The van der Waals surface area contributed by atoms with Gasteiger partial charge in [-0.1, -0.05) is 41.4 Å². The van der Waals surface area contributed by atoms with Crippen molar-refractivity contribution in [1.82, 2.24) is 4.90 Å². The zero-order valence-corrected chi connectivity index (χ0v) is 12.4. The van der Waals surface area contributed by atoms with Crippen LogP contribution in [0.2, 0.25) is 0 Å². The zero-order chi connectivity index (χ0) is 13.0. The highest BCUT2D eigenvalue weighted by molar-refractivity contribution is 9.10. The van der Waals surface area contributed by atoms with Crippen molar-refractivity contribution in [3.63, 3.8) is 0 Å². The number of carbonyl (C=O) groups is 1. The third kappa shape index (κ3) is 3.66. The first-order valence-electron chi connectivity index (χ1n) is 6.70. The molecule has 1 fully saturated rings. The van der Waals surface area contributed by atoms with Crippen LogP contribution in [0.3, 0.4) is 0 Å². The molecule has 0 amide bonds. The van der Waals surface area contributed by atoms with E-state index in [1.54, 1.807) is 0 Å². The van der Waals surface area contributed by atoms with E-state index in [9.17, 15) is 4.79 Å². The van der Waals surface area contributed by atoms with Crippen LogP contribution >= 0.6 is 15.9 Å². The maximum atomic E-state index is 12.2. The molecule has 3 heteroatoms. The largest absolute Gasteiger partial charge is 0.296 e. The summed E-state index contributed by atoms with van der Waals surface area (Å²) >= 11 is 3.41. The van der Waals surface area contributed by atoms with Gasteiger partial charge in [0, 0.05) is 16.6 Å². The molecule has 1 aromatic carbocycles. The van der Waals surface area contributed by atoms with Crippen LogP contribution in [0, 0.1) is 5.92 Å². The first-order chi connectivity index (χ1) is 8.69. The Hall–Kier alpha value is -0.670. The number of hydrogen-bond donors (Lipinski definition) is 0. The Morgan fingerprint density at radius 2 is 2.22 bits per heavy atom. The molecule has 1 aromatic rings. The number of Topliss-reactive ketones (excluding diaryl/α,β-unsaturated/α-hetero) is 1. The SMILES string of the molecule is CCN(CC(=O)c1cccc(Br)c1)CC1CCC1. The number of nitrogens with zero attached hydrogens (tertiary/aromatic N) is 1. The summed E-state index contributed by atoms with van der Waals surface area (Å²) in [7, 11) is 0. The minimum atomic E-state index is 0.220. The summed E-state index contributed by atoms with van der Waals surface area (Å²) in [6, 6.07) is 7.66. The van der Waals surface area contributed by atoms with Gasteiger partial charge in [0.15, 0.2) is 5.78 Å². The third-order valence-electron chi connectivity index (χ3n) is 3.70. The van der Waals surface area contributed by atoms with Gasteiger partial charge in [0.05, 0.1) is 6.54 Å². The van der Waals surface area contributed by atoms with Gasteiger partial charge in [-0.2, -0.15) is 0 Å². The van der Waals surface area contributed by atoms with E-state index in [1.807, 2.05) is 24.3 Å². The topological polar surface area (TPSA) is 20.3 Å². The van der Waals surface area contributed by atoms with E-state index >= 15 is 0 Å². The standard InChI is InChI=1S/C15H20BrNO/c1-2-17(10-12-5-3-6-12)11-15(18)13-7-4-8-14(16)9-13/h4,7-9,12H,2-3,5-6,10-11H2,1H3. The average molecular weight is 310 g/mol. The van der Waals surface area contributed by atoms with Crippen molar-refractivity contribution in [2.24, 2.45) is 5.92 Å². The Kier molecular flexibility index (Phi) is 4.95. The number of benzene rings is 1. The normalized spacial score (nSPS) is 15.7. The summed E-state index contributed by atoms with van der Waals surface area (Å²) in [6.07, 6.45) is 4.03. The lowest BCUT2D eigenvalue weighted by Crippen LogP contribution is -2.36. The Labute approximate surface area is 117 Å². The van der Waals surface area contributed by atoms with Crippen molar-refractivity contribution in [1.29, 1.82) is 0 Å². The van der Waals surface area contributed by atoms with Crippen LogP contribution in [-0.4, -0.2) is 30.3 Å². The van der Waals surface area contributed by atoms with Gasteiger partial charge in [0.1, 0.15) is 0 Å². The van der Waals surface area contributed by atoms with E-state index in [2.05, 4.69) is 27.8 Å². The summed E-state index contributed by atoms with van der Waals surface area (Å²) in [6.45, 7) is 4.71. The first kappa shape index (κ1) is 13.8. The molecule has 1 aliphatic rings. The highest BCUT2D eigenvalue weighted by atomic mass is 79.9.